The molecule has 4 heteroatoms. The molecule has 0 heterocycles. The highest BCUT2D eigenvalue weighted by Crippen LogP contribution is 1.93. The molecule has 0 aromatic heterocycles. The second-order valence-corrected chi connectivity index (χ2v) is 3.01. The van der Waals surface area contributed by atoms with Crippen LogP contribution < -0.4 is 10.6 Å². The first-order valence-electron chi connectivity index (χ1n) is 4.14. The molecule has 0 aromatic carbocycles. The molecule has 0 aliphatic carbocycles. The number of carbonyl (C=O) groups is 2. The molecule has 0 radical (unpaired) electrons. The van der Waals surface area contributed by atoms with Gasteiger partial charge in [-0.1, -0.05) is 13.5 Å². The minimum atomic E-state index is -0.215. The maximum Gasteiger partial charge on any atom is 0.246 e. The number of nitrogens with one attached hydrogen (secondary N) is 2. The number of hydrogen-bond acceptors (Lipinski definition) is 2. The van der Waals surface area contributed by atoms with Crippen LogP contribution in [0.1, 0.15) is 13.8 Å². The molecule has 0 saturated carbocycles. The Bertz CT molecular complexity index is 224. The summed E-state index contributed by atoms with van der Waals surface area (Å²) in [4.78, 5) is 22.0. The number of hydrogen-bond donors (Lipinski definition) is 2. The van der Waals surface area contributed by atoms with Crippen LogP contribution >= 0.6 is 0 Å². The lowest BCUT2D eigenvalue weighted by molar-refractivity contribution is -0.124. The van der Waals surface area contributed by atoms with Gasteiger partial charge in [0.1, 0.15) is 0 Å². The first-order chi connectivity index (χ1) is 5.99. The highest BCUT2D eigenvalue weighted by atomic mass is 16.2. The van der Waals surface area contributed by atoms with Crippen molar-refractivity contribution in [3.63, 3.8) is 0 Å². The maximum atomic E-state index is 11.0. The zero-order valence-electron chi connectivity index (χ0n) is 8.31. The average molecular weight is 184 g/mol. The van der Waals surface area contributed by atoms with Crippen molar-refractivity contribution >= 4 is 11.8 Å². The van der Waals surface area contributed by atoms with Crippen molar-refractivity contribution in [2.45, 2.75) is 13.8 Å². The lowest BCUT2D eigenvalue weighted by Crippen LogP contribution is -2.36. The molecule has 2 amide bonds. The Morgan fingerprint density at radius 2 is 2.00 bits per heavy atom. The number of carbonyl (C=O) groups excluding carboxylic acids is 2. The summed E-state index contributed by atoms with van der Waals surface area (Å²) >= 11 is 0. The molecule has 13 heavy (non-hydrogen) atoms. The van der Waals surface area contributed by atoms with Gasteiger partial charge in [0.05, 0.1) is 5.92 Å². The predicted molar refractivity (Wildman–Crippen MR) is 51.1 cm³/mol. The van der Waals surface area contributed by atoms with Gasteiger partial charge < -0.3 is 10.6 Å². The molecule has 1 unspecified atom stereocenters. The van der Waals surface area contributed by atoms with Gasteiger partial charge in [0, 0.05) is 19.2 Å². The van der Waals surface area contributed by atoms with Gasteiger partial charge in [-0.2, -0.15) is 0 Å². The Labute approximate surface area is 78.4 Å². The van der Waals surface area contributed by atoms with Gasteiger partial charge in [0.15, 0.2) is 0 Å². The van der Waals surface area contributed by atoms with Crippen LogP contribution in [0.3, 0.4) is 0 Å². The molecule has 2 N–H and O–H groups in total. The van der Waals surface area contributed by atoms with E-state index in [4.69, 9.17) is 0 Å². The molecule has 0 fully saturated rings. The molecule has 1 atom stereocenters. The summed E-state index contributed by atoms with van der Waals surface area (Å²) in [6, 6.07) is 0. The van der Waals surface area contributed by atoms with E-state index in [0.29, 0.717) is 12.1 Å². The van der Waals surface area contributed by atoms with E-state index in [-0.39, 0.29) is 17.7 Å². The predicted octanol–water partition coefficient (Wildman–Crippen LogP) is 0.0608. The topological polar surface area (TPSA) is 58.2 Å². The van der Waals surface area contributed by atoms with Crippen LogP contribution in [0, 0.1) is 5.92 Å². The Morgan fingerprint density at radius 1 is 1.46 bits per heavy atom. The Balaban J connectivity index is 3.83. The standard InChI is InChI=1S/C9H16N2O2/c1-6(2)8(12)11-5-7(3)9(13)10-4/h7H,1,5H2,2-4H3,(H,10,13)(H,11,12). The monoisotopic (exact) mass is 184 g/mol. The SMILES string of the molecule is C=C(C)C(=O)NCC(C)C(=O)NC. The van der Waals surface area contributed by atoms with E-state index < -0.39 is 0 Å². The van der Waals surface area contributed by atoms with Gasteiger partial charge in [-0.25, -0.2) is 0 Å². The summed E-state index contributed by atoms with van der Waals surface area (Å²) in [6.07, 6.45) is 0. The normalized spacial score (nSPS) is 11.6. The highest BCUT2D eigenvalue weighted by molar-refractivity contribution is 5.92. The van der Waals surface area contributed by atoms with E-state index in [2.05, 4.69) is 17.2 Å². The third-order valence-electron chi connectivity index (χ3n) is 1.65. The molecular formula is C9H16N2O2. The molecular weight excluding hydrogens is 168 g/mol. The molecule has 0 aliphatic heterocycles. The van der Waals surface area contributed by atoms with Crippen molar-refractivity contribution < 1.29 is 9.59 Å². The van der Waals surface area contributed by atoms with Gasteiger partial charge in [-0.05, 0) is 6.92 Å². The van der Waals surface area contributed by atoms with E-state index in [1.165, 1.54) is 0 Å². The van der Waals surface area contributed by atoms with Crippen LogP contribution in [0.4, 0.5) is 0 Å². The lowest BCUT2D eigenvalue weighted by Gasteiger charge is -2.10. The zero-order chi connectivity index (χ0) is 10.4. The number of rotatable bonds is 4. The van der Waals surface area contributed by atoms with Crippen molar-refractivity contribution in [2.75, 3.05) is 13.6 Å². The lowest BCUT2D eigenvalue weighted by atomic mass is 10.1. The molecule has 74 valence electrons. The molecule has 0 rings (SSSR count). The summed E-state index contributed by atoms with van der Waals surface area (Å²) in [5.41, 5.74) is 0.448. The second-order valence-electron chi connectivity index (χ2n) is 3.01. The molecule has 0 bridgehead atoms. The Hall–Kier alpha value is -1.32. The van der Waals surface area contributed by atoms with E-state index in [1.54, 1.807) is 20.9 Å². The van der Waals surface area contributed by atoms with Gasteiger partial charge in [0.2, 0.25) is 11.8 Å². The quantitative estimate of drug-likeness (QED) is 0.607. The molecule has 0 aliphatic rings. The smallest absolute Gasteiger partial charge is 0.246 e. The first-order valence-corrected chi connectivity index (χ1v) is 4.14. The van der Waals surface area contributed by atoms with Crippen LogP contribution in [-0.2, 0) is 9.59 Å². The van der Waals surface area contributed by atoms with E-state index in [1.807, 2.05) is 0 Å². The van der Waals surface area contributed by atoms with Crippen molar-refractivity contribution in [2.24, 2.45) is 5.92 Å². The average Bonchev–Trinajstić information content (AvgIpc) is 2.11. The summed E-state index contributed by atoms with van der Waals surface area (Å²) in [6.45, 7) is 7.20. The fourth-order valence-electron chi connectivity index (χ4n) is 0.736. The van der Waals surface area contributed by atoms with E-state index >= 15 is 0 Å². The second kappa shape index (κ2) is 5.35. The van der Waals surface area contributed by atoms with Gasteiger partial charge in [-0.3, -0.25) is 9.59 Å². The van der Waals surface area contributed by atoms with Crippen LogP contribution in [-0.4, -0.2) is 25.4 Å². The zero-order valence-corrected chi connectivity index (χ0v) is 8.31. The number of amides is 2. The maximum absolute atomic E-state index is 11.0. The summed E-state index contributed by atoms with van der Waals surface area (Å²) in [5.74, 6) is -0.508. The summed E-state index contributed by atoms with van der Waals surface area (Å²) < 4.78 is 0. The van der Waals surface area contributed by atoms with E-state index in [0.717, 1.165) is 0 Å². The minimum Gasteiger partial charge on any atom is -0.359 e. The molecule has 0 saturated heterocycles. The van der Waals surface area contributed by atoms with Gasteiger partial charge in [-0.15, -0.1) is 0 Å². The van der Waals surface area contributed by atoms with E-state index in [9.17, 15) is 9.59 Å². The molecule has 0 spiro atoms. The first kappa shape index (κ1) is 11.7. The fourth-order valence-corrected chi connectivity index (χ4v) is 0.736. The summed E-state index contributed by atoms with van der Waals surface area (Å²) in [5, 5.41) is 5.10. The fraction of sp³-hybridized carbons (Fsp3) is 0.556. The molecule has 0 aromatic rings. The Morgan fingerprint density at radius 3 is 2.38 bits per heavy atom. The van der Waals surface area contributed by atoms with Crippen LogP contribution in [0.15, 0.2) is 12.2 Å². The van der Waals surface area contributed by atoms with Crippen LogP contribution in [0.5, 0.6) is 0 Å². The highest BCUT2D eigenvalue weighted by Gasteiger charge is 2.11. The van der Waals surface area contributed by atoms with Gasteiger partial charge >= 0.3 is 0 Å². The van der Waals surface area contributed by atoms with Crippen LogP contribution in [0.25, 0.3) is 0 Å². The largest absolute Gasteiger partial charge is 0.359 e. The van der Waals surface area contributed by atoms with Crippen LogP contribution in [0.2, 0.25) is 0 Å². The molecule has 4 nitrogen and oxygen atoms in total. The third-order valence-corrected chi connectivity index (χ3v) is 1.65. The van der Waals surface area contributed by atoms with Crippen molar-refractivity contribution in [1.29, 1.82) is 0 Å². The Kier molecular flexibility index (Phi) is 4.80. The van der Waals surface area contributed by atoms with Crippen molar-refractivity contribution in [3.8, 4) is 0 Å². The summed E-state index contributed by atoms with van der Waals surface area (Å²) in [7, 11) is 1.57. The minimum absolute atomic E-state index is 0.0815. The van der Waals surface area contributed by atoms with Gasteiger partial charge in [0.25, 0.3) is 0 Å². The third kappa shape index (κ3) is 4.30. The van der Waals surface area contributed by atoms with Crippen molar-refractivity contribution in [3.05, 3.63) is 12.2 Å². The van der Waals surface area contributed by atoms with Crippen molar-refractivity contribution in [1.82, 2.24) is 10.6 Å².